The second-order valence-corrected chi connectivity index (χ2v) is 11.0. The van der Waals surface area contributed by atoms with Crippen molar-refractivity contribution >= 4 is 21.2 Å². The molecule has 0 amide bonds. The van der Waals surface area contributed by atoms with Crippen LogP contribution in [0.1, 0.15) is 39.2 Å². The van der Waals surface area contributed by atoms with E-state index in [1.807, 2.05) is 0 Å². The minimum absolute atomic E-state index is 0.0460. The van der Waals surface area contributed by atoms with E-state index in [-0.39, 0.29) is 32.0 Å². The Kier molecular flexibility index (Phi) is 11.5. The third kappa shape index (κ3) is 6.93. The Hall–Kier alpha value is -1.12. The molecule has 0 unspecified atom stereocenters. The summed E-state index contributed by atoms with van der Waals surface area (Å²) in [6.45, 7) is 6.16. The largest absolute Gasteiger partial charge is 0.468 e. The van der Waals surface area contributed by atoms with E-state index >= 15 is 0 Å². The van der Waals surface area contributed by atoms with Crippen molar-refractivity contribution < 1.29 is 41.1 Å². The number of benzene rings is 1. The number of hydrogen-bond donors (Lipinski definition) is 1. The van der Waals surface area contributed by atoms with Gasteiger partial charge in [-0.1, -0.05) is 12.1 Å². The molecule has 9 nitrogen and oxygen atoms in total. The van der Waals surface area contributed by atoms with Gasteiger partial charge in [0.25, 0.3) is 0 Å². The lowest BCUT2D eigenvalue weighted by atomic mass is 9.93. The summed E-state index contributed by atoms with van der Waals surface area (Å²) in [7, 11) is -7.35. The summed E-state index contributed by atoms with van der Waals surface area (Å²) in [5.74, 6) is -2.67. The van der Waals surface area contributed by atoms with Gasteiger partial charge in [0.15, 0.2) is 5.40 Å². The van der Waals surface area contributed by atoms with Crippen molar-refractivity contribution in [2.24, 2.45) is 5.73 Å². The van der Waals surface area contributed by atoms with Gasteiger partial charge in [0, 0.05) is 5.92 Å². The molecule has 1 aromatic carbocycles. The fourth-order valence-corrected chi connectivity index (χ4v) is 9.09. The molecule has 1 rings (SSSR count). The monoisotopic (exact) mass is 483 g/mol. The topological polar surface area (TPSA) is 123 Å². The van der Waals surface area contributed by atoms with Gasteiger partial charge in [-0.25, -0.2) is 4.39 Å². The number of carbonyl (C=O) groups excluding carboxylic acids is 1. The number of rotatable bonds is 14. The van der Waals surface area contributed by atoms with E-state index in [4.69, 9.17) is 28.6 Å². The molecule has 0 aromatic heterocycles. The van der Waals surface area contributed by atoms with Crippen LogP contribution >= 0.6 is 15.2 Å². The molecule has 2 N–H and O–H groups in total. The molecule has 0 aliphatic heterocycles. The van der Waals surface area contributed by atoms with E-state index in [0.717, 1.165) is 19.2 Å². The van der Waals surface area contributed by atoms with Crippen LogP contribution in [0.3, 0.4) is 0 Å². The summed E-state index contributed by atoms with van der Waals surface area (Å²) in [5, 5.41) is -1.61. The summed E-state index contributed by atoms with van der Waals surface area (Å²) < 4.78 is 68.2. The third-order valence-corrected chi connectivity index (χ3v) is 10.4. The van der Waals surface area contributed by atoms with Crippen LogP contribution in [0.2, 0.25) is 0 Å². The first-order valence-electron chi connectivity index (χ1n) is 10.00. The first-order valence-corrected chi connectivity index (χ1v) is 13.2. The van der Waals surface area contributed by atoms with Gasteiger partial charge in [0.2, 0.25) is 0 Å². The van der Waals surface area contributed by atoms with Gasteiger partial charge >= 0.3 is 21.2 Å². The molecule has 31 heavy (non-hydrogen) atoms. The predicted octanol–water partition coefficient (Wildman–Crippen LogP) is 4.27. The number of carbonyl (C=O) groups is 1. The van der Waals surface area contributed by atoms with Crippen LogP contribution in [0.15, 0.2) is 24.3 Å². The normalized spacial score (nSPS) is 14.5. The molecule has 0 saturated heterocycles. The molecule has 1 aromatic rings. The minimum Gasteiger partial charge on any atom is -0.468 e. The maximum atomic E-state index is 13.9. The average Bonchev–Trinajstić information content (AvgIpc) is 2.72. The average molecular weight is 483 g/mol. The predicted molar refractivity (Wildman–Crippen MR) is 115 cm³/mol. The highest BCUT2D eigenvalue weighted by atomic mass is 31.2. The smallest absolute Gasteiger partial charge is 0.346 e. The highest BCUT2D eigenvalue weighted by molar-refractivity contribution is 7.72. The van der Waals surface area contributed by atoms with Crippen molar-refractivity contribution in [2.75, 3.05) is 33.5 Å². The quantitative estimate of drug-likeness (QED) is 0.305. The second-order valence-electron chi connectivity index (χ2n) is 6.29. The molecule has 0 aliphatic rings. The van der Waals surface area contributed by atoms with E-state index in [0.29, 0.717) is 0 Å². The fourth-order valence-electron chi connectivity index (χ4n) is 3.20. The summed E-state index contributed by atoms with van der Waals surface area (Å²) in [4.78, 5) is 12.4. The van der Waals surface area contributed by atoms with Gasteiger partial charge in [-0.15, -0.1) is 0 Å². The molecule has 0 aliphatic carbocycles. The van der Waals surface area contributed by atoms with Crippen LogP contribution in [0.25, 0.3) is 0 Å². The molecule has 2 atom stereocenters. The van der Waals surface area contributed by atoms with Crippen molar-refractivity contribution in [1.29, 1.82) is 0 Å². The van der Waals surface area contributed by atoms with Crippen molar-refractivity contribution in [3.05, 3.63) is 35.6 Å². The van der Waals surface area contributed by atoms with Gasteiger partial charge in [-0.2, -0.15) is 0 Å². The first kappa shape index (κ1) is 27.9. The lowest BCUT2D eigenvalue weighted by molar-refractivity contribution is -0.142. The van der Waals surface area contributed by atoms with E-state index < -0.39 is 44.3 Å². The molecule has 0 spiro atoms. The summed E-state index contributed by atoms with van der Waals surface area (Å²) in [6.07, 6.45) is 0. The lowest BCUT2D eigenvalue weighted by Crippen LogP contribution is -2.43. The van der Waals surface area contributed by atoms with Crippen LogP contribution in [0.5, 0.6) is 0 Å². The van der Waals surface area contributed by atoms with E-state index in [1.54, 1.807) is 27.7 Å². The molecule has 12 heteroatoms. The Morgan fingerprint density at radius 2 is 1.29 bits per heavy atom. The van der Waals surface area contributed by atoms with Crippen molar-refractivity contribution in [2.45, 2.75) is 45.1 Å². The Morgan fingerprint density at radius 1 is 0.903 bits per heavy atom. The number of hydrogen-bond acceptors (Lipinski definition) is 9. The third-order valence-electron chi connectivity index (χ3n) is 4.32. The zero-order valence-corrected chi connectivity index (χ0v) is 20.3. The lowest BCUT2D eigenvalue weighted by Gasteiger charge is -2.38. The Labute approximate surface area is 182 Å². The summed E-state index contributed by atoms with van der Waals surface area (Å²) in [6, 6.07) is 3.52. The Balaban J connectivity index is 3.89. The second kappa shape index (κ2) is 12.8. The van der Waals surface area contributed by atoms with E-state index in [1.165, 1.54) is 12.1 Å². The number of halogens is 1. The minimum atomic E-state index is -4.24. The SMILES string of the molecule is CCOP(=O)(OCC)C([C@H](c1ccc(F)cc1)[C@H](N)C(=O)OC)P(=O)(OCC)OCC. The van der Waals surface area contributed by atoms with E-state index in [2.05, 4.69) is 0 Å². The zero-order valence-electron chi connectivity index (χ0n) is 18.5. The molecular formula is C19H32FNO8P2. The standard InChI is InChI=1S/C19H32FNO8P2/c1-6-26-30(23,27-7-2)19(31(24,28-8-3)29-9-4)16(17(21)18(22)25-5)14-10-12-15(20)13-11-14/h10-13,16-17,19H,6-9,21H2,1-5H3/t16-,17+/m1/s1. The van der Waals surface area contributed by atoms with Crippen LogP contribution in [-0.2, 0) is 36.8 Å². The van der Waals surface area contributed by atoms with Crippen LogP contribution in [0.4, 0.5) is 4.39 Å². The molecule has 178 valence electrons. The van der Waals surface area contributed by atoms with Crippen LogP contribution in [0, 0.1) is 5.82 Å². The first-order chi connectivity index (χ1) is 14.6. The van der Waals surface area contributed by atoms with Gasteiger partial charge < -0.3 is 28.6 Å². The van der Waals surface area contributed by atoms with Crippen LogP contribution in [-0.4, -0.2) is 50.9 Å². The fraction of sp³-hybridized carbons (Fsp3) is 0.632. The highest BCUT2D eigenvalue weighted by Crippen LogP contribution is 2.74. The number of ether oxygens (including phenoxy) is 1. The summed E-state index contributed by atoms with van der Waals surface area (Å²) >= 11 is 0. The molecule has 0 heterocycles. The van der Waals surface area contributed by atoms with Gasteiger partial charge in [-0.3, -0.25) is 13.9 Å². The molecule has 0 saturated carbocycles. The zero-order chi connectivity index (χ0) is 23.7. The van der Waals surface area contributed by atoms with Gasteiger partial charge in [-0.05, 0) is 45.4 Å². The Morgan fingerprint density at radius 3 is 1.61 bits per heavy atom. The number of esters is 1. The Bertz CT molecular complexity index is 742. The maximum Gasteiger partial charge on any atom is 0.346 e. The molecule has 0 bridgehead atoms. The van der Waals surface area contributed by atoms with Gasteiger partial charge in [0.05, 0.1) is 33.5 Å². The summed E-state index contributed by atoms with van der Waals surface area (Å²) in [5.41, 5.74) is 6.46. The maximum absolute atomic E-state index is 13.9. The molecule has 0 fully saturated rings. The van der Waals surface area contributed by atoms with Crippen molar-refractivity contribution in [3.63, 3.8) is 0 Å². The highest BCUT2D eigenvalue weighted by Gasteiger charge is 2.57. The number of methoxy groups -OCH3 is 1. The molecule has 0 radical (unpaired) electrons. The van der Waals surface area contributed by atoms with Gasteiger partial charge in [0.1, 0.15) is 11.9 Å². The van der Waals surface area contributed by atoms with Crippen molar-refractivity contribution in [3.8, 4) is 0 Å². The molecular weight excluding hydrogens is 451 g/mol. The van der Waals surface area contributed by atoms with Crippen molar-refractivity contribution in [1.82, 2.24) is 0 Å². The number of nitrogens with two attached hydrogens (primary N) is 1. The van der Waals surface area contributed by atoms with Crippen LogP contribution < -0.4 is 5.73 Å². The van der Waals surface area contributed by atoms with E-state index in [9.17, 15) is 18.3 Å².